The van der Waals surface area contributed by atoms with Crippen molar-refractivity contribution in [2.45, 2.75) is 44.7 Å². The van der Waals surface area contributed by atoms with Crippen molar-refractivity contribution in [2.24, 2.45) is 0 Å². The maximum atomic E-state index is 13.0. The van der Waals surface area contributed by atoms with Crippen molar-refractivity contribution in [3.8, 4) is 22.5 Å². The summed E-state index contributed by atoms with van der Waals surface area (Å²) in [7, 11) is 0. The van der Waals surface area contributed by atoms with Gasteiger partial charge in [0.1, 0.15) is 11.4 Å². The first-order chi connectivity index (χ1) is 29.1. The summed E-state index contributed by atoms with van der Waals surface area (Å²) >= 11 is 0. The molecule has 0 spiro atoms. The largest absolute Gasteiger partial charge is 0.330 e. The molecule has 0 N–H and O–H groups in total. The van der Waals surface area contributed by atoms with Gasteiger partial charge in [0.15, 0.2) is 5.82 Å². The van der Waals surface area contributed by atoms with Crippen molar-refractivity contribution >= 4 is 11.8 Å². The van der Waals surface area contributed by atoms with Gasteiger partial charge in [-0.1, -0.05) is 165 Å². The van der Waals surface area contributed by atoms with Crippen molar-refractivity contribution in [1.82, 2.24) is 34.7 Å². The van der Waals surface area contributed by atoms with Crippen LogP contribution in [0.1, 0.15) is 74.3 Å². The fourth-order valence-corrected chi connectivity index (χ4v) is 8.38. The van der Waals surface area contributed by atoms with Crippen LogP contribution in [0.3, 0.4) is 0 Å². The highest BCUT2D eigenvalue weighted by Crippen LogP contribution is 2.43. The number of amides is 2. The van der Waals surface area contributed by atoms with E-state index in [2.05, 4.69) is 138 Å². The Hall–Kier alpha value is -7.26. The number of fused-ring (bicyclic) bond motifs is 1. The summed E-state index contributed by atoms with van der Waals surface area (Å²) in [5.41, 5.74) is 8.16. The number of aromatic nitrogens is 6. The third kappa shape index (κ3) is 6.95. The number of benzene rings is 6. The van der Waals surface area contributed by atoms with Gasteiger partial charge in [-0.3, -0.25) is 14.5 Å². The standard InChI is InChI=1S/C50H43N7O2/c1-2-3-27-46-51-41(32-33-56-48(58)44-25-15-16-26-45(44)49(56)59)35-55(46)34-36-28-30-37(31-29-36)42-23-13-14-24-43(42)47-52-53-54-57(47)50(38-17-7-4-8-18-38,39-19-9-5-10-20-39)40-21-11-6-12-22-40/h4-26,28-31,35H,2-3,27,32-34H2,1H3. The summed E-state index contributed by atoms with van der Waals surface area (Å²) < 4.78 is 4.18. The molecule has 6 aromatic carbocycles. The molecule has 9 rings (SSSR count). The summed E-state index contributed by atoms with van der Waals surface area (Å²) in [6.45, 7) is 3.11. The van der Waals surface area contributed by atoms with Crippen LogP contribution in [0, 0.1) is 0 Å². The number of imidazole rings is 1. The summed E-state index contributed by atoms with van der Waals surface area (Å²) in [5, 5.41) is 13.9. The monoisotopic (exact) mass is 773 g/mol. The van der Waals surface area contributed by atoms with Crippen LogP contribution < -0.4 is 0 Å². The maximum Gasteiger partial charge on any atom is 0.261 e. The van der Waals surface area contributed by atoms with Crippen molar-refractivity contribution < 1.29 is 9.59 Å². The number of imide groups is 1. The minimum Gasteiger partial charge on any atom is -0.330 e. The molecule has 0 radical (unpaired) electrons. The molecule has 1 aliphatic heterocycles. The first kappa shape index (κ1) is 37.3. The van der Waals surface area contributed by atoms with Crippen molar-refractivity contribution in [3.05, 3.63) is 215 Å². The summed E-state index contributed by atoms with van der Waals surface area (Å²) in [6.07, 6.45) is 5.49. The Balaban J connectivity index is 1.03. The van der Waals surface area contributed by atoms with Gasteiger partial charge in [-0.15, -0.1) is 5.10 Å². The zero-order valence-electron chi connectivity index (χ0n) is 32.9. The molecule has 290 valence electrons. The van der Waals surface area contributed by atoms with Gasteiger partial charge in [-0.2, -0.15) is 0 Å². The van der Waals surface area contributed by atoms with Crippen molar-refractivity contribution in [3.63, 3.8) is 0 Å². The molecule has 59 heavy (non-hydrogen) atoms. The quantitative estimate of drug-likeness (QED) is 0.0808. The SMILES string of the molecule is CCCCc1nc(CCN2C(=O)c3ccccc3C2=O)cn1Cc1ccc(-c2ccccc2-c2nnnn2C(c2ccccc2)(c2ccccc2)c2ccccc2)cc1. The minimum absolute atomic E-state index is 0.239. The van der Waals surface area contributed by atoms with Gasteiger partial charge in [0.05, 0.1) is 16.8 Å². The zero-order valence-corrected chi connectivity index (χ0v) is 32.9. The molecule has 0 saturated heterocycles. The van der Waals surface area contributed by atoms with Gasteiger partial charge in [0.2, 0.25) is 0 Å². The van der Waals surface area contributed by atoms with Gasteiger partial charge in [-0.05, 0) is 62.4 Å². The van der Waals surface area contributed by atoms with Crippen LogP contribution in [-0.2, 0) is 24.9 Å². The normalized spacial score (nSPS) is 12.6. The first-order valence-corrected chi connectivity index (χ1v) is 20.2. The number of tetrazole rings is 1. The number of nitrogens with zero attached hydrogens (tertiary/aromatic N) is 7. The van der Waals surface area contributed by atoms with Crippen LogP contribution in [0.25, 0.3) is 22.5 Å². The third-order valence-electron chi connectivity index (χ3n) is 11.3. The second kappa shape index (κ2) is 16.3. The Morgan fingerprint density at radius 3 is 1.66 bits per heavy atom. The van der Waals surface area contributed by atoms with Crippen LogP contribution >= 0.6 is 0 Å². The molecule has 8 aromatic rings. The Kier molecular flexibility index (Phi) is 10.3. The van der Waals surface area contributed by atoms with Crippen LogP contribution in [-0.4, -0.2) is 53.0 Å². The lowest BCUT2D eigenvalue weighted by atomic mass is 9.77. The topological polar surface area (TPSA) is 98.8 Å². The highest BCUT2D eigenvalue weighted by molar-refractivity contribution is 6.21. The van der Waals surface area contributed by atoms with Gasteiger partial charge >= 0.3 is 0 Å². The molecule has 0 unspecified atom stereocenters. The number of hydrogen-bond acceptors (Lipinski definition) is 6. The number of carbonyl (C=O) groups is 2. The van der Waals surface area contributed by atoms with E-state index in [9.17, 15) is 9.59 Å². The minimum atomic E-state index is -0.872. The Bertz CT molecular complexity index is 2590. The van der Waals surface area contributed by atoms with Crippen LogP contribution in [0.15, 0.2) is 170 Å². The fraction of sp³-hybridized carbons (Fsp3) is 0.160. The predicted octanol–water partition coefficient (Wildman–Crippen LogP) is 9.27. The predicted molar refractivity (Wildman–Crippen MR) is 229 cm³/mol. The Labute approximate surface area is 343 Å². The summed E-state index contributed by atoms with van der Waals surface area (Å²) in [6, 6.07) is 55.3. The smallest absolute Gasteiger partial charge is 0.261 e. The molecule has 0 saturated carbocycles. The highest BCUT2D eigenvalue weighted by Gasteiger charge is 2.42. The van der Waals surface area contributed by atoms with Crippen molar-refractivity contribution in [2.75, 3.05) is 6.54 Å². The number of aryl methyl sites for hydroxylation is 1. The van der Waals surface area contributed by atoms with E-state index in [4.69, 9.17) is 15.3 Å². The van der Waals surface area contributed by atoms with E-state index >= 15 is 0 Å². The lowest BCUT2D eigenvalue weighted by Gasteiger charge is -2.36. The Morgan fingerprint density at radius 1 is 0.576 bits per heavy atom. The summed E-state index contributed by atoms with van der Waals surface area (Å²) in [4.78, 5) is 32.4. The van der Waals surface area contributed by atoms with E-state index in [0.29, 0.717) is 29.9 Å². The van der Waals surface area contributed by atoms with E-state index in [-0.39, 0.29) is 18.4 Å². The molecule has 0 atom stereocenters. The number of hydrogen-bond donors (Lipinski definition) is 0. The number of carbonyl (C=O) groups excluding carboxylic acids is 2. The van der Waals surface area contributed by atoms with E-state index in [1.165, 1.54) is 4.90 Å². The lowest BCUT2D eigenvalue weighted by Crippen LogP contribution is -2.39. The highest BCUT2D eigenvalue weighted by atomic mass is 16.2. The molecule has 2 aromatic heterocycles. The molecular weight excluding hydrogens is 731 g/mol. The van der Waals surface area contributed by atoms with Crippen LogP contribution in [0.2, 0.25) is 0 Å². The van der Waals surface area contributed by atoms with Gasteiger partial charge in [0, 0.05) is 37.7 Å². The van der Waals surface area contributed by atoms with E-state index in [1.54, 1.807) is 24.3 Å². The molecule has 0 bridgehead atoms. The van der Waals surface area contributed by atoms with E-state index in [0.717, 1.165) is 69.7 Å². The maximum absolute atomic E-state index is 13.0. The second-order valence-corrected chi connectivity index (χ2v) is 14.9. The Morgan fingerprint density at radius 2 is 1.10 bits per heavy atom. The van der Waals surface area contributed by atoms with E-state index in [1.807, 2.05) is 28.9 Å². The third-order valence-corrected chi connectivity index (χ3v) is 11.3. The molecule has 3 heterocycles. The molecular formula is C50H43N7O2. The molecule has 2 amide bonds. The average Bonchev–Trinajstić information content (AvgIpc) is 4.00. The van der Waals surface area contributed by atoms with Gasteiger partial charge in [0.25, 0.3) is 11.8 Å². The first-order valence-electron chi connectivity index (χ1n) is 20.2. The molecule has 9 heteroatoms. The van der Waals surface area contributed by atoms with E-state index < -0.39 is 5.54 Å². The second-order valence-electron chi connectivity index (χ2n) is 14.9. The van der Waals surface area contributed by atoms with Gasteiger partial charge in [-0.25, -0.2) is 9.67 Å². The molecule has 1 aliphatic rings. The zero-order chi connectivity index (χ0) is 40.2. The molecule has 0 aliphatic carbocycles. The van der Waals surface area contributed by atoms with Crippen LogP contribution in [0.4, 0.5) is 0 Å². The molecule has 9 nitrogen and oxygen atoms in total. The lowest BCUT2D eigenvalue weighted by molar-refractivity contribution is 0.0656. The molecule has 0 fully saturated rings. The number of rotatable bonds is 14. The van der Waals surface area contributed by atoms with Gasteiger partial charge < -0.3 is 4.57 Å². The van der Waals surface area contributed by atoms with Crippen molar-refractivity contribution in [1.29, 1.82) is 0 Å². The fourth-order valence-electron chi connectivity index (χ4n) is 8.38. The van der Waals surface area contributed by atoms with Crippen LogP contribution in [0.5, 0.6) is 0 Å². The summed E-state index contributed by atoms with van der Waals surface area (Å²) in [5.74, 6) is 1.17. The number of unbranched alkanes of at least 4 members (excludes halogenated alkanes) is 1. The average molecular weight is 774 g/mol.